The minimum Gasteiger partial charge on any atom is -0.316 e. The Morgan fingerprint density at radius 2 is 2.27 bits per heavy atom. The minimum atomic E-state index is 0.828. The fraction of sp³-hybridized carbons (Fsp3) is 0.538. The first kappa shape index (κ1) is 10.7. The van der Waals surface area contributed by atoms with E-state index in [2.05, 4.69) is 41.8 Å². The molecular weight excluding hydrogens is 184 g/mol. The van der Waals surface area contributed by atoms with Gasteiger partial charge in [0.15, 0.2) is 0 Å². The zero-order valence-corrected chi connectivity index (χ0v) is 9.42. The highest BCUT2D eigenvalue weighted by Gasteiger charge is 2.13. The Morgan fingerprint density at radius 1 is 1.40 bits per heavy atom. The van der Waals surface area contributed by atoms with E-state index in [1.54, 1.807) is 0 Å². The molecular formula is C13H20N2. The predicted octanol–water partition coefficient (Wildman–Crippen LogP) is 1.69. The lowest BCUT2D eigenvalue weighted by Crippen LogP contribution is -2.24. The van der Waals surface area contributed by atoms with Gasteiger partial charge in [0, 0.05) is 6.54 Å². The van der Waals surface area contributed by atoms with E-state index in [0.29, 0.717) is 0 Å². The molecule has 1 saturated heterocycles. The first-order chi connectivity index (χ1) is 7.36. The number of benzene rings is 1. The summed E-state index contributed by atoms with van der Waals surface area (Å²) in [6.45, 7) is 6.69. The highest BCUT2D eigenvalue weighted by Crippen LogP contribution is 2.08. The van der Waals surface area contributed by atoms with Gasteiger partial charge in [-0.15, -0.1) is 0 Å². The maximum Gasteiger partial charge on any atom is 0.0208 e. The summed E-state index contributed by atoms with van der Waals surface area (Å²) >= 11 is 0. The second-order valence-electron chi connectivity index (χ2n) is 4.42. The molecule has 2 rings (SSSR count). The fourth-order valence-electron chi connectivity index (χ4n) is 2.11. The molecule has 0 radical (unpaired) electrons. The zero-order valence-electron chi connectivity index (χ0n) is 9.42. The maximum atomic E-state index is 3.54. The summed E-state index contributed by atoms with van der Waals surface area (Å²) in [5.74, 6) is 0.828. The molecule has 1 fully saturated rings. The molecule has 1 aromatic carbocycles. The Kier molecular flexibility index (Phi) is 3.75. The molecule has 0 amide bonds. The van der Waals surface area contributed by atoms with Gasteiger partial charge in [-0.1, -0.05) is 24.3 Å². The summed E-state index contributed by atoms with van der Waals surface area (Å²) < 4.78 is 0. The Hall–Kier alpha value is -0.860. The van der Waals surface area contributed by atoms with Crippen molar-refractivity contribution in [3.05, 3.63) is 35.4 Å². The maximum absolute atomic E-state index is 3.54. The lowest BCUT2D eigenvalue weighted by atomic mass is 10.1. The van der Waals surface area contributed by atoms with Crippen LogP contribution in [0, 0.1) is 12.8 Å². The monoisotopic (exact) mass is 204 g/mol. The third-order valence-corrected chi connectivity index (χ3v) is 3.17. The molecule has 1 atom stereocenters. The van der Waals surface area contributed by atoms with Crippen LogP contribution in [0.1, 0.15) is 17.5 Å². The largest absolute Gasteiger partial charge is 0.316 e. The molecule has 1 aliphatic rings. The van der Waals surface area contributed by atoms with Gasteiger partial charge < -0.3 is 10.6 Å². The van der Waals surface area contributed by atoms with Crippen LogP contribution >= 0.6 is 0 Å². The van der Waals surface area contributed by atoms with E-state index in [4.69, 9.17) is 0 Å². The van der Waals surface area contributed by atoms with Crippen LogP contribution in [0.15, 0.2) is 24.3 Å². The highest BCUT2D eigenvalue weighted by atomic mass is 14.9. The second-order valence-corrected chi connectivity index (χ2v) is 4.42. The predicted molar refractivity (Wildman–Crippen MR) is 63.9 cm³/mol. The van der Waals surface area contributed by atoms with Crippen LogP contribution in [0.3, 0.4) is 0 Å². The molecule has 1 heterocycles. The van der Waals surface area contributed by atoms with Gasteiger partial charge in [-0.3, -0.25) is 0 Å². The van der Waals surface area contributed by atoms with E-state index < -0.39 is 0 Å². The zero-order chi connectivity index (χ0) is 10.5. The van der Waals surface area contributed by atoms with Gasteiger partial charge in [-0.05, 0) is 50.0 Å². The quantitative estimate of drug-likeness (QED) is 0.780. The Bertz CT molecular complexity index is 303. The third-order valence-electron chi connectivity index (χ3n) is 3.17. The van der Waals surface area contributed by atoms with E-state index in [1.165, 1.54) is 30.6 Å². The molecule has 2 nitrogen and oxygen atoms in total. The van der Waals surface area contributed by atoms with Crippen LogP contribution in [0.2, 0.25) is 0 Å². The number of hydrogen-bond donors (Lipinski definition) is 2. The molecule has 0 spiro atoms. The van der Waals surface area contributed by atoms with Crippen LogP contribution in [-0.2, 0) is 6.54 Å². The first-order valence-electron chi connectivity index (χ1n) is 5.82. The van der Waals surface area contributed by atoms with E-state index in [1.807, 2.05) is 0 Å². The normalized spacial score (nSPS) is 20.7. The summed E-state index contributed by atoms with van der Waals surface area (Å²) in [5.41, 5.74) is 2.80. The number of rotatable bonds is 4. The summed E-state index contributed by atoms with van der Waals surface area (Å²) in [4.78, 5) is 0. The third kappa shape index (κ3) is 3.05. The van der Waals surface area contributed by atoms with E-state index >= 15 is 0 Å². The molecule has 82 valence electrons. The van der Waals surface area contributed by atoms with Crippen LogP contribution in [-0.4, -0.2) is 19.6 Å². The van der Waals surface area contributed by atoms with Crippen molar-refractivity contribution in [2.75, 3.05) is 19.6 Å². The van der Waals surface area contributed by atoms with Crippen molar-refractivity contribution >= 4 is 0 Å². The van der Waals surface area contributed by atoms with Crippen LogP contribution in [0.5, 0.6) is 0 Å². The van der Waals surface area contributed by atoms with Crippen molar-refractivity contribution in [1.82, 2.24) is 10.6 Å². The molecule has 15 heavy (non-hydrogen) atoms. The Labute approximate surface area is 92.1 Å². The van der Waals surface area contributed by atoms with Gasteiger partial charge in [0.2, 0.25) is 0 Å². The molecule has 1 unspecified atom stereocenters. The van der Waals surface area contributed by atoms with E-state index in [-0.39, 0.29) is 0 Å². The SMILES string of the molecule is Cc1ccccc1CNCC1CCNC1. The van der Waals surface area contributed by atoms with Gasteiger partial charge in [0.1, 0.15) is 0 Å². The van der Waals surface area contributed by atoms with Gasteiger partial charge in [-0.25, -0.2) is 0 Å². The lowest BCUT2D eigenvalue weighted by Gasteiger charge is -2.11. The smallest absolute Gasteiger partial charge is 0.0208 e. The molecule has 1 aliphatic heterocycles. The van der Waals surface area contributed by atoms with Crippen LogP contribution < -0.4 is 10.6 Å². The molecule has 2 N–H and O–H groups in total. The molecule has 0 aliphatic carbocycles. The summed E-state index contributed by atoms with van der Waals surface area (Å²) in [7, 11) is 0. The second kappa shape index (κ2) is 5.29. The highest BCUT2D eigenvalue weighted by molar-refractivity contribution is 5.25. The molecule has 0 saturated carbocycles. The number of nitrogens with one attached hydrogen (secondary N) is 2. The summed E-state index contributed by atoms with van der Waals surface area (Å²) in [6, 6.07) is 8.59. The van der Waals surface area contributed by atoms with Crippen molar-refractivity contribution in [2.24, 2.45) is 5.92 Å². The fourth-order valence-corrected chi connectivity index (χ4v) is 2.11. The van der Waals surface area contributed by atoms with Gasteiger partial charge in [-0.2, -0.15) is 0 Å². The van der Waals surface area contributed by atoms with Gasteiger partial charge in [0.05, 0.1) is 0 Å². The number of hydrogen-bond acceptors (Lipinski definition) is 2. The summed E-state index contributed by atoms with van der Waals surface area (Å²) in [5, 5.41) is 6.94. The first-order valence-corrected chi connectivity index (χ1v) is 5.82. The topological polar surface area (TPSA) is 24.1 Å². The van der Waals surface area contributed by atoms with Crippen LogP contribution in [0.25, 0.3) is 0 Å². The van der Waals surface area contributed by atoms with Crippen molar-refractivity contribution in [3.8, 4) is 0 Å². The minimum absolute atomic E-state index is 0.828. The number of aryl methyl sites for hydroxylation is 1. The molecule has 1 aromatic rings. The Balaban J connectivity index is 1.75. The van der Waals surface area contributed by atoms with E-state index in [9.17, 15) is 0 Å². The molecule has 2 heteroatoms. The Morgan fingerprint density at radius 3 is 3.00 bits per heavy atom. The summed E-state index contributed by atoms with van der Waals surface area (Å²) in [6.07, 6.45) is 1.32. The molecule has 0 bridgehead atoms. The average molecular weight is 204 g/mol. The van der Waals surface area contributed by atoms with E-state index in [0.717, 1.165) is 19.0 Å². The van der Waals surface area contributed by atoms with Crippen LogP contribution in [0.4, 0.5) is 0 Å². The van der Waals surface area contributed by atoms with Crippen molar-refractivity contribution in [2.45, 2.75) is 19.9 Å². The lowest BCUT2D eigenvalue weighted by molar-refractivity contribution is 0.512. The van der Waals surface area contributed by atoms with Crippen molar-refractivity contribution < 1.29 is 0 Å². The van der Waals surface area contributed by atoms with Crippen molar-refractivity contribution in [3.63, 3.8) is 0 Å². The van der Waals surface area contributed by atoms with Crippen molar-refractivity contribution in [1.29, 1.82) is 0 Å². The molecule has 0 aromatic heterocycles. The average Bonchev–Trinajstić information content (AvgIpc) is 2.74. The van der Waals surface area contributed by atoms with Gasteiger partial charge >= 0.3 is 0 Å². The standard InChI is InChI=1S/C13H20N2/c1-11-4-2-3-5-13(11)10-15-9-12-6-7-14-8-12/h2-5,12,14-15H,6-10H2,1H3. The van der Waals surface area contributed by atoms with Gasteiger partial charge in [0.25, 0.3) is 0 Å².